The van der Waals surface area contributed by atoms with E-state index in [0.29, 0.717) is 5.92 Å². The van der Waals surface area contributed by atoms with Gasteiger partial charge in [0.25, 0.3) is 5.91 Å². The van der Waals surface area contributed by atoms with Gasteiger partial charge in [0.2, 0.25) is 0 Å². The Morgan fingerprint density at radius 2 is 2.22 bits per heavy atom. The van der Waals surface area contributed by atoms with Crippen LogP contribution in [0.25, 0.3) is 5.57 Å². The van der Waals surface area contributed by atoms with Gasteiger partial charge in [0.15, 0.2) is 0 Å². The minimum absolute atomic E-state index is 0.0464. The van der Waals surface area contributed by atoms with Crippen molar-refractivity contribution in [3.05, 3.63) is 47.6 Å². The lowest BCUT2D eigenvalue weighted by Crippen LogP contribution is -2.06. The van der Waals surface area contributed by atoms with Crippen LogP contribution in [0, 0.1) is 12.8 Å². The average Bonchev–Trinajstić information content (AvgIpc) is 2.67. The first-order valence-corrected chi connectivity index (χ1v) is 6.53. The van der Waals surface area contributed by atoms with Gasteiger partial charge in [0.1, 0.15) is 0 Å². The highest BCUT2D eigenvalue weighted by Crippen LogP contribution is 2.34. The van der Waals surface area contributed by atoms with Crippen LogP contribution in [0.4, 0.5) is 5.69 Å². The summed E-state index contributed by atoms with van der Waals surface area (Å²) in [6, 6.07) is 6.12. The Hall–Kier alpha value is -1.83. The van der Waals surface area contributed by atoms with E-state index in [1.54, 1.807) is 0 Å². The molecule has 1 aliphatic carbocycles. The van der Waals surface area contributed by atoms with Gasteiger partial charge in [-0.1, -0.05) is 29.9 Å². The highest BCUT2D eigenvalue weighted by Gasteiger charge is 2.25. The molecule has 1 atom stereocenters. The molecule has 0 radical (unpaired) electrons. The van der Waals surface area contributed by atoms with Crippen LogP contribution in [0.5, 0.6) is 0 Å². The second-order valence-electron chi connectivity index (χ2n) is 5.13. The Bertz CT molecular complexity index is 554. The average molecular weight is 239 g/mol. The number of amides is 1. The molecular weight excluding hydrogens is 222 g/mol. The molecule has 3 rings (SSSR count). The number of carbonyl (C=O) groups is 1. The molecule has 0 fully saturated rings. The van der Waals surface area contributed by atoms with Crippen LogP contribution >= 0.6 is 0 Å². The Morgan fingerprint density at radius 3 is 3.00 bits per heavy atom. The van der Waals surface area contributed by atoms with Crippen molar-refractivity contribution in [2.24, 2.45) is 5.92 Å². The summed E-state index contributed by atoms with van der Waals surface area (Å²) >= 11 is 0. The molecule has 1 N–H and O–H groups in total. The standard InChI is InChI=1S/C16H17NO/c1-11-7-8-15-13(9-11)14(16(18)17-15)10-12-5-3-2-4-6-12/h2-3,7-10,12H,4-6H2,1H3,(H,17,18). The molecule has 2 heteroatoms. The van der Waals surface area contributed by atoms with E-state index >= 15 is 0 Å². The molecule has 1 unspecified atom stereocenters. The molecule has 92 valence electrons. The van der Waals surface area contributed by atoms with Crippen LogP contribution in [-0.2, 0) is 4.79 Å². The van der Waals surface area contributed by atoms with Gasteiger partial charge in [-0.3, -0.25) is 4.79 Å². The summed E-state index contributed by atoms with van der Waals surface area (Å²) in [5.41, 5.74) is 4.06. The number of allylic oxidation sites excluding steroid dienone is 3. The van der Waals surface area contributed by atoms with Crippen molar-refractivity contribution in [1.29, 1.82) is 0 Å². The van der Waals surface area contributed by atoms with E-state index in [-0.39, 0.29) is 5.91 Å². The maximum Gasteiger partial charge on any atom is 0.256 e. The van der Waals surface area contributed by atoms with Gasteiger partial charge in [-0.2, -0.15) is 0 Å². The van der Waals surface area contributed by atoms with Crippen molar-refractivity contribution in [3.63, 3.8) is 0 Å². The number of carbonyl (C=O) groups excluding carboxylic acids is 1. The van der Waals surface area contributed by atoms with Crippen LogP contribution in [0.15, 0.2) is 36.4 Å². The third-order valence-corrected chi connectivity index (χ3v) is 3.67. The Labute approximate surface area is 107 Å². The number of hydrogen-bond acceptors (Lipinski definition) is 1. The fourth-order valence-electron chi connectivity index (χ4n) is 2.67. The van der Waals surface area contributed by atoms with Crippen molar-refractivity contribution in [2.45, 2.75) is 26.2 Å². The monoisotopic (exact) mass is 239 g/mol. The van der Waals surface area contributed by atoms with E-state index < -0.39 is 0 Å². The second kappa shape index (κ2) is 4.45. The SMILES string of the molecule is Cc1ccc2c(c1)C(=CC1CC=CCC1)C(=O)N2. The molecule has 1 aromatic rings. The van der Waals surface area contributed by atoms with Gasteiger partial charge in [-0.25, -0.2) is 0 Å². The van der Waals surface area contributed by atoms with Crippen molar-refractivity contribution in [2.75, 3.05) is 5.32 Å². The summed E-state index contributed by atoms with van der Waals surface area (Å²) in [5.74, 6) is 0.548. The zero-order valence-corrected chi connectivity index (χ0v) is 10.6. The van der Waals surface area contributed by atoms with E-state index in [1.165, 1.54) is 5.56 Å². The molecular formula is C16H17NO. The number of nitrogens with one attached hydrogen (secondary N) is 1. The maximum absolute atomic E-state index is 12.0. The molecule has 1 aromatic carbocycles. The minimum atomic E-state index is 0.0464. The van der Waals surface area contributed by atoms with E-state index in [0.717, 1.165) is 36.1 Å². The Balaban J connectivity index is 1.97. The van der Waals surface area contributed by atoms with Gasteiger partial charge >= 0.3 is 0 Å². The summed E-state index contributed by atoms with van der Waals surface area (Å²) in [6.45, 7) is 2.06. The van der Waals surface area contributed by atoms with Crippen LogP contribution in [-0.4, -0.2) is 5.91 Å². The van der Waals surface area contributed by atoms with Gasteiger partial charge in [0, 0.05) is 16.8 Å². The molecule has 0 aromatic heterocycles. The second-order valence-corrected chi connectivity index (χ2v) is 5.13. The predicted octanol–water partition coefficient (Wildman–Crippen LogP) is 3.69. The smallest absolute Gasteiger partial charge is 0.256 e. The van der Waals surface area contributed by atoms with Crippen LogP contribution in [0.2, 0.25) is 0 Å². The van der Waals surface area contributed by atoms with Gasteiger partial charge in [0.05, 0.1) is 0 Å². The fourth-order valence-corrected chi connectivity index (χ4v) is 2.67. The third kappa shape index (κ3) is 1.99. The molecule has 2 nitrogen and oxygen atoms in total. The van der Waals surface area contributed by atoms with E-state index in [9.17, 15) is 4.79 Å². The van der Waals surface area contributed by atoms with E-state index in [1.807, 2.05) is 12.1 Å². The van der Waals surface area contributed by atoms with Gasteiger partial charge in [-0.15, -0.1) is 0 Å². The number of rotatable bonds is 1. The normalized spacial score (nSPS) is 24.2. The zero-order valence-electron chi connectivity index (χ0n) is 10.6. The minimum Gasteiger partial charge on any atom is -0.321 e. The number of aryl methyl sites for hydroxylation is 1. The lowest BCUT2D eigenvalue weighted by molar-refractivity contribution is -0.110. The topological polar surface area (TPSA) is 29.1 Å². The maximum atomic E-state index is 12.0. The highest BCUT2D eigenvalue weighted by molar-refractivity contribution is 6.31. The number of hydrogen-bond donors (Lipinski definition) is 1. The van der Waals surface area contributed by atoms with Crippen LogP contribution in [0.3, 0.4) is 0 Å². The first kappa shape index (κ1) is 11.3. The molecule has 0 saturated carbocycles. The summed E-state index contributed by atoms with van der Waals surface area (Å²) < 4.78 is 0. The summed E-state index contributed by atoms with van der Waals surface area (Å²) in [7, 11) is 0. The molecule has 0 saturated heterocycles. The first-order valence-electron chi connectivity index (χ1n) is 6.53. The van der Waals surface area contributed by atoms with E-state index in [4.69, 9.17) is 0 Å². The molecule has 1 aliphatic heterocycles. The van der Waals surface area contributed by atoms with Gasteiger partial charge < -0.3 is 5.32 Å². The molecule has 18 heavy (non-hydrogen) atoms. The largest absolute Gasteiger partial charge is 0.321 e. The Morgan fingerprint density at radius 1 is 1.33 bits per heavy atom. The molecule has 0 spiro atoms. The van der Waals surface area contributed by atoms with Crippen LogP contribution in [0.1, 0.15) is 30.4 Å². The number of benzene rings is 1. The fraction of sp³-hybridized carbons (Fsp3) is 0.312. The van der Waals surface area contributed by atoms with E-state index in [2.05, 4.69) is 36.5 Å². The first-order chi connectivity index (χ1) is 8.74. The predicted molar refractivity (Wildman–Crippen MR) is 74.3 cm³/mol. The lowest BCUT2D eigenvalue weighted by atomic mass is 9.91. The number of anilines is 1. The summed E-state index contributed by atoms with van der Waals surface area (Å²) in [4.78, 5) is 12.0. The van der Waals surface area contributed by atoms with Crippen LogP contribution < -0.4 is 5.32 Å². The molecule has 0 bridgehead atoms. The molecule has 1 amide bonds. The summed E-state index contributed by atoms with van der Waals surface area (Å²) in [5, 5.41) is 2.94. The van der Waals surface area contributed by atoms with Crippen molar-refractivity contribution >= 4 is 17.2 Å². The quantitative estimate of drug-likeness (QED) is 0.587. The molecule has 1 heterocycles. The zero-order chi connectivity index (χ0) is 12.5. The third-order valence-electron chi connectivity index (χ3n) is 3.67. The Kier molecular flexibility index (Phi) is 2.78. The lowest BCUT2D eigenvalue weighted by Gasteiger charge is -2.14. The van der Waals surface area contributed by atoms with Crippen molar-refractivity contribution in [1.82, 2.24) is 0 Å². The van der Waals surface area contributed by atoms with Crippen molar-refractivity contribution < 1.29 is 4.79 Å². The summed E-state index contributed by atoms with van der Waals surface area (Å²) in [6.07, 6.45) is 9.92. The van der Waals surface area contributed by atoms with Crippen molar-refractivity contribution in [3.8, 4) is 0 Å². The molecule has 2 aliphatic rings. The highest BCUT2D eigenvalue weighted by atomic mass is 16.2. The van der Waals surface area contributed by atoms with Gasteiger partial charge in [-0.05, 0) is 44.2 Å². The number of fused-ring (bicyclic) bond motifs is 1.